The summed E-state index contributed by atoms with van der Waals surface area (Å²) < 4.78 is 19.5. The average Bonchev–Trinajstić information content (AvgIpc) is 2.88. The van der Waals surface area contributed by atoms with Crippen LogP contribution < -0.4 is 11.4 Å². The molecule has 24 heavy (non-hydrogen) atoms. The molecule has 0 unspecified atom stereocenters. The first-order valence-electron chi connectivity index (χ1n) is 7.64. The average molecular weight is 457 g/mol. The standard InChI is InChI=1S/C16H12Br2FN3O2/c17-12-11-9-6-7-10(16(11,19)13(12)18)22-15(24)20(14(23)21(9)22)8-4-2-1-3-5-8/h1-7,9-13H/t9-,10-,11-,12-,13+,16+/m0/s1. The molecule has 1 aromatic heterocycles. The van der Waals surface area contributed by atoms with E-state index in [-0.39, 0.29) is 10.7 Å². The van der Waals surface area contributed by atoms with Gasteiger partial charge in [0.05, 0.1) is 16.6 Å². The molecule has 6 atom stereocenters. The second kappa shape index (κ2) is 4.60. The van der Waals surface area contributed by atoms with Crippen LogP contribution in [0.1, 0.15) is 12.1 Å². The predicted molar refractivity (Wildman–Crippen MR) is 94.3 cm³/mol. The maximum Gasteiger partial charge on any atom is 0.352 e. The predicted octanol–water partition coefficient (Wildman–Crippen LogP) is 2.33. The first kappa shape index (κ1) is 14.9. The highest BCUT2D eigenvalue weighted by atomic mass is 79.9. The maximum absolute atomic E-state index is 15.7. The fourth-order valence-electron chi connectivity index (χ4n) is 4.33. The fraction of sp³-hybridized carbons (Fsp3) is 0.375. The number of hydrogen-bond donors (Lipinski definition) is 0. The van der Waals surface area contributed by atoms with Gasteiger partial charge in [0.2, 0.25) is 0 Å². The van der Waals surface area contributed by atoms with Gasteiger partial charge in [-0.25, -0.2) is 27.9 Å². The number of para-hydroxylation sites is 1. The van der Waals surface area contributed by atoms with Crippen molar-refractivity contribution >= 4 is 31.9 Å². The Hall–Kier alpha value is -1.41. The van der Waals surface area contributed by atoms with E-state index in [1.807, 2.05) is 12.1 Å². The summed E-state index contributed by atoms with van der Waals surface area (Å²) in [6, 6.07) is 7.49. The molecule has 1 saturated carbocycles. The Morgan fingerprint density at radius 2 is 1.67 bits per heavy atom. The first-order valence-corrected chi connectivity index (χ1v) is 9.48. The molecule has 4 aliphatic rings. The normalized spacial score (nSPS) is 38.5. The Balaban J connectivity index is 1.81. The van der Waals surface area contributed by atoms with Crippen molar-refractivity contribution in [3.63, 3.8) is 0 Å². The minimum Gasteiger partial charge on any atom is -0.245 e. The van der Waals surface area contributed by atoms with Crippen LogP contribution in [0.2, 0.25) is 0 Å². The molecule has 6 rings (SSSR count). The lowest BCUT2D eigenvalue weighted by atomic mass is 9.59. The number of benzene rings is 1. The number of halogens is 3. The molecule has 5 nitrogen and oxygen atoms in total. The van der Waals surface area contributed by atoms with E-state index in [2.05, 4.69) is 31.9 Å². The summed E-state index contributed by atoms with van der Waals surface area (Å²) in [6.07, 6.45) is 3.56. The van der Waals surface area contributed by atoms with Gasteiger partial charge in [-0.2, -0.15) is 0 Å². The quantitative estimate of drug-likeness (QED) is 0.488. The van der Waals surface area contributed by atoms with Crippen molar-refractivity contribution in [1.29, 1.82) is 0 Å². The molecule has 124 valence electrons. The van der Waals surface area contributed by atoms with Gasteiger partial charge < -0.3 is 0 Å². The van der Waals surface area contributed by atoms with Gasteiger partial charge in [-0.05, 0) is 12.1 Å². The summed E-state index contributed by atoms with van der Waals surface area (Å²) in [5, 5.41) is 0. The summed E-state index contributed by atoms with van der Waals surface area (Å²) in [6.45, 7) is 0. The molecule has 0 radical (unpaired) electrons. The van der Waals surface area contributed by atoms with Gasteiger partial charge >= 0.3 is 11.4 Å². The largest absolute Gasteiger partial charge is 0.352 e. The van der Waals surface area contributed by atoms with E-state index in [0.717, 1.165) is 4.57 Å². The molecule has 2 aliphatic heterocycles. The monoisotopic (exact) mass is 455 g/mol. The number of allylic oxidation sites excluding steroid dienone is 2. The van der Waals surface area contributed by atoms with E-state index < -0.39 is 34.0 Å². The van der Waals surface area contributed by atoms with Crippen molar-refractivity contribution < 1.29 is 4.39 Å². The highest BCUT2D eigenvalue weighted by Gasteiger charge is 2.72. The molecule has 0 N–H and O–H groups in total. The number of alkyl halides is 3. The summed E-state index contributed by atoms with van der Waals surface area (Å²) in [4.78, 5) is 25.3. The topological polar surface area (TPSA) is 48.9 Å². The summed E-state index contributed by atoms with van der Waals surface area (Å²) >= 11 is 6.93. The van der Waals surface area contributed by atoms with Crippen LogP contribution in [0.5, 0.6) is 0 Å². The lowest BCUT2D eigenvalue weighted by Gasteiger charge is -2.61. The zero-order valence-electron chi connectivity index (χ0n) is 12.2. The van der Waals surface area contributed by atoms with E-state index in [9.17, 15) is 9.59 Å². The number of aromatic nitrogens is 3. The van der Waals surface area contributed by atoms with E-state index in [1.54, 1.807) is 30.3 Å². The van der Waals surface area contributed by atoms with Crippen LogP contribution in [-0.4, -0.2) is 29.3 Å². The Kier molecular flexibility index (Phi) is 2.86. The highest BCUT2D eigenvalue weighted by Crippen LogP contribution is 2.64. The van der Waals surface area contributed by atoms with Crippen LogP contribution in [0.15, 0.2) is 52.1 Å². The number of hydrogen-bond acceptors (Lipinski definition) is 2. The first-order chi connectivity index (χ1) is 11.5. The fourth-order valence-corrected chi connectivity index (χ4v) is 6.36. The minimum absolute atomic E-state index is 0.0872. The smallest absolute Gasteiger partial charge is 0.245 e. The third-order valence-corrected chi connectivity index (χ3v) is 8.51. The van der Waals surface area contributed by atoms with Gasteiger partial charge in [-0.15, -0.1) is 0 Å². The van der Waals surface area contributed by atoms with Crippen molar-refractivity contribution in [2.24, 2.45) is 5.92 Å². The van der Waals surface area contributed by atoms with Crippen molar-refractivity contribution in [3.05, 3.63) is 63.5 Å². The molecule has 3 heterocycles. The summed E-state index contributed by atoms with van der Waals surface area (Å²) in [7, 11) is 0. The Bertz CT molecular complexity index is 995. The third kappa shape index (κ3) is 1.46. The number of nitrogens with zero attached hydrogens (tertiary/aromatic N) is 3. The molecule has 0 spiro atoms. The Morgan fingerprint density at radius 3 is 2.38 bits per heavy atom. The second-order valence-electron chi connectivity index (χ2n) is 6.44. The van der Waals surface area contributed by atoms with Crippen LogP contribution in [0.25, 0.3) is 5.69 Å². The van der Waals surface area contributed by atoms with Gasteiger partial charge in [-0.1, -0.05) is 62.2 Å². The summed E-state index contributed by atoms with van der Waals surface area (Å²) in [5.74, 6) is -0.374. The molecule has 1 aromatic carbocycles. The van der Waals surface area contributed by atoms with Gasteiger partial charge in [-0.3, -0.25) is 0 Å². The van der Waals surface area contributed by atoms with Gasteiger partial charge in [0, 0.05) is 10.7 Å². The molecular formula is C16H12Br2FN3O2. The molecule has 8 heteroatoms. The van der Waals surface area contributed by atoms with Crippen molar-refractivity contribution in [2.75, 3.05) is 0 Å². The summed E-state index contributed by atoms with van der Waals surface area (Å²) in [5.41, 5.74) is -2.01. The van der Waals surface area contributed by atoms with E-state index >= 15 is 4.39 Å². The van der Waals surface area contributed by atoms with Crippen molar-refractivity contribution in [2.45, 2.75) is 27.4 Å². The van der Waals surface area contributed by atoms with Crippen LogP contribution >= 0.6 is 31.9 Å². The lowest BCUT2D eigenvalue weighted by molar-refractivity contribution is -0.0929. The molecular weight excluding hydrogens is 445 g/mol. The molecule has 0 saturated heterocycles. The van der Waals surface area contributed by atoms with Gasteiger partial charge in [0.1, 0.15) is 6.04 Å². The van der Waals surface area contributed by atoms with Gasteiger partial charge in [0.15, 0.2) is 5.67 Å². The zero-order chi connectivity index (χ0) is 16.8. The van der Waals surface area contributed by atoms with Crippen LogP contribution in [0, 0.1) is 5.92 Å². The SMILES string of the molecule is O=c1n(-c2ccccc2)c(=O)n2n1[C@H]1C=C[C@H]2[C@H]2[C@H](Br)[C@@H](Br)[C@]21F. The van der Waals surface area contributed by atoms with Crippen molar-refractivity contribution in [1.82, 2.24) is 13.9 Å². The molecule has 2 bridgehead atoms. The maximum atomic E-state index is 15.7. The Labute approximate surface area is 152 Å². The van der Waals surface area contributed by atoms with Crippen LogP contribution in [0.4, 0.5) is 4.39 Å². The molecule has 1 fully saturated rings. The Morgan fingerprint density at radius 1 is 1.00 bits per heavy atom. The van der Waals surface area contributed by atoms with Crippen molar-refractivity contribution in [3.8, 4) is 5.69 Å². The lowest BCUT2D eigenvalue weighted by Crippen LogP contribution is -2.73. The third-order valence-electron chi connectivity index (χ3n) is 5.44. The number of rotatable bonds is 1. The van der Waals surface area contributed by atoms with Crippen LogP contribution in [-0.2, 0) is 0 Å². The zero-order valence-corrected chi connectivity index (χ0v) is 15.4. The second-order valence-corrected chi connectivity index (χ2v) is 8.49. The molecule has 2 aliphatic carbocycles. The van der Waals surface area contributed by atoms with E-state index in [0.29, 0.717) is 5.69 Å². The van der Waals surface area contributed by atoms with E-state index in [1.165, 1.54) is 9.36 Å². The molecule has 2 aromatic rings. The molecule has 0 amide bonds. The highest BCUT2D eigenvalue weighted by molar-refractivity contribution is 9.12. The minimum atomic E-state index is -1.58. The van der Waals surface area contributed by atoms with E-state index in [4.69, 9.17) is 0 Å². The van der Waals surface area contributed by atoms with Gasteiger partial charge in [0.25, 0.3) is 0 Å². The van der Waals surface area contributed by atoms with Crippen LogP contribution in [0.3, 0.4) is 0 Å².